The number of sulfonamides is 1. The third-order valence-corrected chi connectivity index (χ3v) is 4.29. The minimum absolute atomic E-state index is 0.139. The summed E-state index contributed by atoms with van der Waals surface area (Å²) in [4.78, 5) is 0.139. The van der Waals surface area contributed by atoms with Gasteiger partial charge in [0.25, 0.3) is 10.0 Å². The Labute approximate surface area is 115 Å². The van der Waals surface area contributed by atoms with E-state index in [9.17, 15) is 8.42 Å². The number of hydrogen-bond acceptors (Lipinski definition) is 4. The zero-order valence-corrected chi connectivity index (χ0v) is 11.6. The minimum atomic E-state index is -3.65. The molecule has 7 nitrogen and oxygen atoms in total. The molecule has 2 N–H and O–H groups in total. The molecule has 1 aromatic carbocycles. The van der Waals surface area contributed by atoms with Crippen molar-refractivity contribution in [2.24, 2.45) is 0 Å². The highest BCUT2D eigenvalue weighted by molar-refractivity contribution is 7.92. The van der Waals surface area contributed by atoms with Crippen LogP contribution in [0.3, 0.4) is 0 Å². The van der Waals surface area contributed by atoms with E-state index in [1.807, 2.05) is 13.0 Å². The zero-order chi connectivity index (χ0) is 14.2. The largest absolute Gasteiger partial charge is 0.279 e. The third-order valence-electron chi connectivity index (χ3n) is 2.97. The molecule has 0 aliphatic carbocycles. The van der Waals surface area contributed by atoms with Crippen molar-refractivity contribution < 1.29 is 8.42 Å². The fourth-order valence-electron chi connectivity index (χ4n) is 1.92. The van der Waals surface area contributed by atoms with Crippen LogP contribution in [0.25, 0.3) is 10.9 Å². The number of aryl methyl sites for hydroxylation is 1. The molecule has 0 radical (unpaired) electrons. The van der Waals surface area contributed by atoms with Gasteiger partial charge in [0.05, 0.1) is 23.6 Å². The average molecular weight is 291 g/mol. The van der Waals surface area contributed by atoms with E-state index >= 15 is 0 Å². The van der Waals surface area contributed by atoms with Crippen molar-refractivity contribution in [3.8, 4) is 0 Å². The number of benzene rings is 1. The molecule has 0 spiro atoms. The van der Waals surface area contributed by atoms with Crippen LogP contribution in [0.1, 0.15) is 6.92 Å². The molecule has 0 aliphatic heterocycles. The third kappa shape index (κ3) is 2.14. The van der Waals surface area contributed by atoms with Crippen molar-refractivity contribution in [3.05, 3.63) is 36.8 Å². The van der Waals surface area contributed by atoms with Crippen molar-refractivity contribution in [2.45, 2.75) is 18.4 Å². The van der Waals surface area contributed by atoms with E-state index in [1.165, 1.54) is 12.4 Å². The molecule has 20 heavy (non-hydrogen) atoms. The summed E-state index contributed by atoms with van der Waals surface area (Å²) in [6.07, 6.45) is 4.42. The number of rotatable bonds is 4. The van der Waals surface area contributed by atoms with Gasteiger partial charge in [0.15, 0.2) is 0 Å². The Morgan fingerprint density at radius 2 is 2.20 bits per heavy atom. The topological polar surface area (TPSA) is 92.7 Å². The molecule has 0 bridgehead atoms. The first-order valence-corrected chi connectivity index (χ1v) is 7.56. The van der Waals surface area contributed by atoms with Crippen LogP contribution in [-0.4, -0.2) is 28.4 Å². The normalized spacial score (nSPS) is 11.8. The first kappa shape index (κ1) is 12.7. The highest BCUT2D eigenvalue weighted by atomic mass is 32.2. The lowest BCUT2D eigenvalue weighted by Gasteiger charge is -2.06. The Bertz CT molecular complexity index is 849. The lowest BCUT2D eigenvalue weighted by Crippen LogP contribution is -2.12. The molecule has 0 fully saturated rings. The lowest BCUT2D eigenvalue weighted by molar-refractivity contribution is 0.600. The zero-order valence-electron chi connectivity index (χ0n) is 10.7. The summed E-state index contributed by atoms with van der Waals surface area (Å²) in [7, 11) is -3.65. The number of fused-ring (bicyclic) bond motifs is 1. The van der Waals surface area contributed by atoms with Gasteiger partial charge >= 0.3 is 0 Å². The van der Waals surface area contributed by atoms with Gasteiger partial charge < -0.3 is 0 Å². The van der Waals surface area contributed by atoms with E-state index in [2.05, 4.69) is 20.0 Å². The van der Waals surface area contributed by atoms with Crippen molar-refractivity contribution in [3.63, 3.8) is 0 Å². The van der Waals surface area contributed by atoms with Crippen molar-refractivity contribution in [1.29, 1.82) is 0 Å². The number of aromatic amines is 1. The molecule has 0 atom stereocenters. The second-order valence-corrected chi connectivity index (χ2v) is 5.96. The van der Waals surface area contributed by atoms with Gasteiger partial charge in [0.2, 0.25) is 0 Å². The quantitative estimate of drug-likeness (QED) is 0.763. The van der Waals surface area contributed by atoms with Crippen LogP contribution >= 0.6 is 0 Å². The Balaban J connectivity index is 1.99. The molecule has 104 valence electrons. The second-order valence-electron chi connectivity index (χ2n) is 4.27. The summed E-state index contributed by atoms with van der Waals surface area (Å²) < 4.78 is 28.7. The molecule has 3 rings (SSSR count). The van der Waals surface area contributed by atoms with Gasteiger partial charge in [0.1, 0.15) is 4.90 Å². The van der Waals surface area contributed by atoms with Crippen molar-refractivity contribution >= 4 is 26.6 Å². The molecule has 2 heterocycles. The van der Waals surface area contributed by atoms with Crippen LogP contribution < -0.4 is 4.72 Å². The number of H-pyrrole nitrogens is 1. The van der Waals surface area contributed by atoms with E-state index in [4.69, 9.17) is 0 Å². The maximum Gasteiger partial charge on any atom is 0.265 e. The maximum absolute atomic E-state index is 12.3. The summed E-state index contributed by atoms with van der Waals surface area (Å²) in [6, 6.07) is 5.28. The fourth-order valence-corrected chi connectivity index (χ4v) is 2.95. The second kappa shape index (κ2) is 4.64. The SMILES string of the molecule is CCn1cc(S(=O)(=O)Nc2cccc3[nH]ncc23)cn1. The highest BCUT2D eigenvalue weighted by Gasteiger charge is 2.17. The van der Waals surface area contributed by atoms with Gasteiger partial charge in [-0.1, -0.05) is 6.07 Å². The first-order chi connectivity index (χ1) is 9.60. The molecule has 0 saturated carbocycles. The number of anilines is 1. The van der Waals surface area contributed by atoms with Gasteiger partial charge in [-0.25, -0.2) is 8.42 Å². The van der Waals surface area contributed by atoms with Crippen LogP contribution in [0.2, 0.25) is 0 Å². The van der Waals surface area contributed by atoms with E-state index in [-0.39, 0.29) is 4.90 Å². The molecule has 3 aromatic rings. The number of aromatic nitrogens is 4. The predicted molar refractivity (Wildman–Crippen MR) is 74.8 cm³/mol. The summed E-state index contributed by atoms with van der Waals surface area (Å²) in [5.41, 5.74) is 1.26. The molecule has 0 unspecified atom stereocenters. The van der Waals surface area contributed by atoms with Crippen LogP contribution in [0.4, 0.5) is 5.69 Å². The predicted octanol–water partition coefficient (Wildman–Crippen LogP) is 1.58. The molecule has 2 aromatic heterocycles. The van der Waals surface area contributed by atoms with Gasteiger partial charge in [0, 0.05) is 18.1 Å². The van der Waals surface area contributed by atoms with Crippen LogP contribution in [-0.2, 0) is 16.6 Å². The monoisotopic (exact) mass is 291 g/mol. The smallest absolute Gasteiger partial charge is 0.265 e. The van der Waals surface area contributed by atoms with E-state index in [0.29, 0.717) is 12.2 Å². The molecule has 0 aliphatic rings. The summed E-state index contributed by atoms with van der Waals surface area (Å²) in [6.45, 7) is 2.51. The van der Waals surface area contributed by atoms with Crippen molar-refractivity contribution in [2.75, 3.05) is 4.72 Å². The summed E-state index contributed by atoms with van der Waals surface area (Å²) >= 11 is 0. The van der Waals surface area contributed by atoms with Gasteiger partial charge in [-0.2, -0.15) is 10.2 Å². The number of nitrogens with zero attached hydrogens (tertiary/aromatic N) is 3. The lowest BCUT2D eigenvalue weighted by atomic mass is 10.2. The van der Waals surface area contributed by atoms with Gasteiger partial charge in [-0.05, 0) is 19.1 Å². The Morgan fingerprint density at radius 3 is 2.95 bits per heavy atom. The van der Waals surface area contributed by atoms with E-state index in [1.54, 1.807) is 23.0 Å². The van der Waals surface area contributed by atoms with Crippen LogP contribution in [0, 0.1) is 0 Å². The molecular weight excluding hydrogens is 278 g/mol. The molecule has 8 heteroatoms. The molecular formula is C12H13N5O2S. The minimum Gasteiger partial charge on any atom is -0.279 e. The van der Waals surface area contributed by atoms with Crippen LogP contribution in [0.15, 0.2) is 41.7 Å². The number of nitrogens with one attached hydrogen (secondary N) is 2. The van der Waals surface area contributed by atoms with Gasteiger partial charge in [-0.3, -0.25) is 14.5 Å². The van der Waals surface area contributed by atoms with E-state index < -0.39 is 10.0 Å². The standard InChI is InChI=1S/C12H13N5O2S/c1-2-17-8-9(6-14-17)20(18,19)16-12-5-3-4-11-10(12)7-13-15-11/h3-8,16H,2H2,1H3,(H,13,15). The number of hydrogen-bond donors (Lipinski definition) is 2. The molecule has 0 saturated heterocycles. The average Bonchev–Trinajstić information content (AvgIpc) is 3.08. The Morgan fingerprint density at radius 1 is 1.35 bits per heavy atom. The highest BCUT2D eigenvalue weighted by Crippen LogP contribution is 2.23. The van der Waals surface area contributed by atoms with Gasteiger partial charge in [-0.15, -0.1) is 0 Å². The molecule has 0 amide bonds. The van der Waals surface area contributed by atoms with Crippen molar-refractivity contribution in [1.82, 2.24) is 20.0 Å². The first-order valence-electron chi connectivity index (χ1n) is 6.07. The fraction of sp³-hybridized carbons (Fsp3) is 0.167. The Kier molecular flexibility index (Phi) is 2.94. The summed E-state index contributed by atoms with van der Waals surface area (Å²) in [5, 5.41) is 11.4. The maximum atomic E-state index is 12.3. The summed E-state index contributed by atoms with van der Waals surface area (Å²) in [5.74, 6) is 0. The Hall–Kier alpha value is -2.35. The van der Waals surface area contributed by atoms with Crippen LogP contribution in [0.5, 0.6) is 0 Å². The van der Waals surface area contributed by atoms with E-state index in [0.717, 1.165) is 10.9 Å².